The molecule has 0 aromatic carbocycles. The topological polar surface area (TPSA) is 29.5 Å². The van der Waals surface area contributed by atoms with Gasteiger partial charge < -0.3 is 4.74 Å². The van der Waals surface area contributed by atoms with Crippen molar-refractivity contribution in [3.8, 4) is 5.75 Å². The van der Waals surface area contributed by atoms with Crippen LogP contribution in [0.4, 0.5) is 5.00 Å². The lowest BCUT2D eigenvalue weighted by Gasteiger charge is -2.25. The first-order chi connectivity index (χ1) is 6.33. The standard InChI is InChI=1S/C8H8BrNO2S/c9-2-3-10-7(11)5-12-6-1-4-13-8(6)10/h1,4H,2-3,5H2. The second-order valence-electron chi connectivity index (χ2n) is 2.61. The first kappa shape index (κ1) is 9.02. The number of hydrogen-bond donors (Lipinski definition) is 0. The van der Waals surface area contributed by atoms with Crippen molar-refractivity contribution >= 4 is 38.2 Å². The SMILES string of the molecule is O=C1COc2ccsc2N1CCBr. The summed E-state index contributed by atoms with van der Waals surface area (Å²) in [5.41, 5.74) is 0. The minimum atomic E-state index is 0.0365. The van der Waals surface area contributed by atoms with Crippen LogP contribution in [0.5, 0.6) is 5.75 Å². The average Bonchev–Trinajstić information content (AvgIpc) is 2.58. The molecule has 0 radical (unpaired) electrons. The summed E-state index contributed by atoms with van der Waals surface area (Å²) >= 11 is 4.86. The second kappa shape index (κ2) is 3.67. The van der Waals surface area contributed by atoms with E-state index in [1.807, 2.05) is 11.4 Å². The Hall–Kier alpha value is -0.550. The molecule has 2 rings (SSSR count). The Morgan fingerprint density at radius 2 is 2.54 bits per heavy atom. The number of fused-ring (bicyclic) bond motifs is 1. The van der Waals surface area contributed by atoms with Gasteiger partial charge in [0.1, 0.15) is 5.00 Å². The lowest BCUT2D eigenvalue weighted by Crippen LogP contribution is -2.39. The highest BCUT2D eigenvalue weighted by atomic mass is 79.9. The van der Waals surface area contributed by atoms with E-state index in [0.29, 0.717) is 6.54 Å². The van der Waals surface area contributed by atoms with Crippen LogP contribution in [0, 0.1) is 0 Å². The fourth-order valence-electron chi connectivity index (χ4n) is 1.24. The van der Waals surface area contributed by atoms with Crippen molar-refractivity contribution in [3.05, 3.63) is 11.4 Å². The summed E-state index contributed by atoms with van der Waals surface area (Å²) in [6, 6.07) is 1.90. The molecule has 0 aliphatic carbocycles. The number of anilines is 1. The quantitative estimate of drug-likeness (QED) is 0.761. The molecule has 1 aromatic heterocycles. The predicted molar refractivity (Wildman–Crippen MR) is 56.0 cm³/mol. The van der Waals surface area contributed by atoms with Crippen molar-refractivity contribution in [2.45, 2.75) is 0 Å². The smallest absolute Gasteiger partial charge is 0.265 e. The van der Waals surface area contributed by atoms with Gasteiger partial charge in [-0.15, -0.1) is 11.3 Å². The van der Waals surface area contributed by atoms with E-state index in [4.69, 9.17) is 4.74 Å². The molecule has 1 amide bonds. The molecule has 5 heteroatoms. The summed E-state index contributed by atoms with van der Waals surface area (Å²) in [5.74, 6) is 0.861. The summed E-state index contributed by atoms with van der Waals surface area (Å²) in [4.78, 5) is 13.2. The van der Waals surface area contributed by atoms with E-state index in [1.165, 1.54) is 11.3 Å². The average molecular weight is 262 g/mol. The van der Waals surface area contributed by atoms with Gasteiger partial charge in [-0.05, 0) is 11.4 Å². The van der Waals surface area contributed by atoms with E-state index in [9.17, 15) is 4.79 Å². The van der Waals surface area contributed by atoms with Crippen molar-refractivity contribution in [2.75, 3.05) is 23.4 Å². The third kappa shape index (κ3) is 1.58. The van der Waals surface area contributed by atoms with Crippen molar-refractivity contribution in [3.63, 3.8) is 0 Å². The van der Waals surface area contributed by atoms with Gasteiger partial charge in [-0.2, -0.15) is 0 Å². The van der Waals surface area contributed by atoms with Crippen LogP contribution < -0.4 is 9.64 Å². The first-order valence-electron chi connectivity index (χ1n) is 3.89. The monoisotopic (exact) mass is 261 g/mol. The summed E-state index contributed by atoms with van der Waals surface area (Å²) in [5, 5.41) is 3.65. The molecule has 70 valence electrons. The van der Waals surface area contributed by atoms with Crippen molar-refractivity contribution in [1.29, 1.82) is 0 Å². The van der Waals surface area contributed by atoms with E-state index < -0.39 is 0 Å². The Morgan fingerprint density at radius 3 is 3.31 bits per heavy atom. The van der Waals surface area contributed by atoms with Crippen LogP contribution in [0.15, 0.2) is 11.4 Å². The Bertz CT molecular complexity index is 326. The Balaban J connectivity index is 2.30. The maximum Gasteiger partial charge on any atom is 0.265 e. The van der Waals surface area contributed by atoms with Gasteiger partial charge in [0.05, 0.1) is 0 Å². The number of rotatable bonds is 2. The second-order valence-corrected chi connectivity index (χ2v) is 4.30. The van der Waals surface area contributed by atoms with Crippen molar-refractivity contribution in [1.82, 2.24) is 0 Å². The fourth-order valence-corrected chi connectivity index (χ4v) is 2.48. The summed E-state index contributed by atoms with van der Waals surface area (Å²) in [7, 11) is 0. The van der Waals surface area contributed by atoms with Gasteiger partial charge in [-0.3, -0.25) is 9.69 Å². The molecule has 1 aliphatic rings. The van der Waals surface area contributed by atoms with Crippen molar-refractivity contribution < 1.29 is 9.53 Å². The van der Waals surface area contributed by atoms with Crippen LogP contribution in [0.1, 0.15) is 0 Å². The van der Waals surface area contributed by atoms with Gasteiger partial charge in [0.2, 0.25) is 0 Å². The molecule has 13 heavy (non-hydrogen) atoms. The van der Waals surface area contributed by atoms with E-state index >= 15 is 0 Å². The molecule has 0 bridgehead atoms. The normalized spacial score (nSPS) is 15.5. The van der Waals surface area contributed by atoms with Crippen LogP contribution in [0.2, 0.25) is 0 Å². The van der Waals surface area contributed by atoms with Gasteiger partial charge in [0.25, 0.3) is 5.91 Å². The van der Waals surface area contributed by atoms with Gasteiger partial charge in [0, 0.05) is 11.9 Å². The number of thiophene rings is 1. The van der Waals surface area contributed by atoms with E-state index in [2.05, 4.69) is 15.9 Å². The van der Waals surface area contributed by atoms with Crippen LogP contribution >= 0.6 is 27.3 Å². The zero-order chi connectivity index (χ0) is 9.26. The molecule has 1 aromatic rings. The number of carbonyl (C=O) groups is 1. The molecule has 1 aliphatic heterocycles. The Morgan fingerprint density at radius 1 is 1.69 bits per heavy atom. The minimum absolute atomic E-state index is 0.0365. The van der Waals surface area contributed by atoms with Crippen LogP contribution in [-0.4, -0.2) is 24.4 Å². The van der Waals surface area contributed by atoms with Crippen LogP contribution in [0.3, 0.4) is 0 Å². The number of hydrogen-bond acceptors (Lipinski definition) is 3. The zero-order valence-corrected chi connectivity index (χ0v) is 9.23. The third-order valence-electron chi connectivity index (χ3n) is 1.82. The molecule has 0 N–H and O–H groups in total. The highest BCUT2D eigenvalue weighted by molar-refractivity contribution is 9.09. The number of amides is 1. The maximum absolute atomic E-state index is 11.4. The molecule has 0 atom stereocenters. The third-order valence-corrected chi connectivity index (χ3v) is 3.09. The molecule has 0 saturated heterocycles. The predicted octanol–water partition coefficient (Wildman–Crippen LogP) is 1.87. The lowest BCUT2D eigenvalue weighted by molar-refractivity contribution is -0.121. The number of ether oxygens (including phenoxy) is 1. The van der Waals surface area contributed by atoms with E-state index in [-0.39, 0.29) is 12.5 Å². The highest BCUT2D eigenvalue weighted by Crippen LogP contribution is 2.37. The molecule has 2 heterocycles. The van der Waals surface area contributed by atoms with Crippen LogP contribution in [-0.2, 0) is 4.79 Å². The lowest BCUT2D eigenvalue weighted by atomic mass is 10.4. The molecule has 0 spiro atoms. The largest absolute Gasteiger partial charge is 0.481 e. The Kier molecular flexibility index (Phi) is 2.55. The van der Waals surface area contributed by atoms with E-state index in [1.54, 1.807) is 4.90 Å². The van der Waals surface area contributed by atoms with Crippen molar-refractivity contribution in [2.24, 2.45) is 0 Å². The Labute approximate surface area is 88.4 Å². The van der Waals surface area contributed by atoms with Gasteiger partial charge in [0.15, 0.2) is 12.4 Å². The summed E-state index contributed by atoms with van der Waals surface area (Å²) < 4.78 is 5.26. The van der Waals surface area contributed by atoms with Gasteiger partial charge in [-0.25, -0.2) is 0 Å². The first-order valence-corrected chi connectivity index (χ1v) is 5.89. The highest BCUT2D eigenvalue weighted by Gasteiger charge is 2.25. The zero-order valence-electron chi connectivity index (χ0n) is 6.83. The fraction of sp³-hybridized carbons (Fsp3) is 0.375. The molecule has 0 unspecified atom stereocenters. The van der Waals surface area contributed by atoms with E-state index in [0.717, 1.165) is 16.1 Å². The molecular formula is C8H8BrNO2S. The number of carbonyl (C=O) groups excluding carboxylic acids is 1. The molecule has 0 fully saturated rings. The molecule has 3 nitrogen and oxygen atoms in total. The summed E-state index contributed by atoms with van der Waals surface area (Å²) in [6.07, 6.45) is 0. The molecular weight excluding hydrogens is 254 g/mol. The molecule has 0 saturated carbocycles. The van der Waals surface area contributed by atoms with Crippen LogP contribution in [0.25, 0.3) is 0 Å². The van der Waals surface area contributed by atoms with Gasteiger partial charge >= 0.3 is 0 Å². The summed E-state index contributed by atoms with van der Waals surface area (Å²) in [6.45, 7) is 0.867. The van der Waals surface area contributed by atoms with Gasteiger partial charge in [-0.1, -0.05) is 15.9 Å². The minimum Gasteiger partial charge on any atom is -0.481 e. The maximum atomic E-state index is 11.4. The number of alkyl halides is 1. The number of halogens is 1. The number of nitrogens with zero attached hydrogens (tertiary/aromatic N) is 1.